The van der Waals surface area contributed by atoms with Crippen LogP contribution in [0.2, 0.25) is 0 Å². The molecule has 0 amide bonds. The molecule has 0 aromatic heterocycles. The molecule has 2 rings (SSSR count). The molecule has 0 fully saturated rings. The number of nitrogens with two attached hydrogens (primary N) is 1. The van der Waals surface area contributed by atoms with E-state index in [0.29, 0.717) is 17.7 Å². The summed E-state index contributed by atoms with van der Waals surface area (Å²) in [5.41, 5.74) is 5.84. The van der Waals surface area contributed by atoms with E-state index in [1.165, 1.54) is 13.2 Å². The van der Waals surface area contributed by atoms with E-state index in [9.17, 15) is 13.2 Å². The highest BCUT2D eigenvalue weighted by Gasteiger charge is 2.33. The van der Waals surface area contributed by atoms with Crippen molar-refractivity contribution in [3.63, 3.8) is 0 Å². The Labute approximate surface area is 115 Å². The van der Waals surface area contributed by atoms with Crippen molar-refractivity contribution in [2.75, 3.05) is 12.8 Å². The Morgan fingerprint density at radius 2 is 1.65 bits per heavy atom. The van der Waals surface area contributed by atoms with Crippen LogP contribution >= 0.6 is 0 Å². The van der Waals surface area contributed by atoms with Crippen LogP contribution < -0.4 is 10.5 Å². The van der Waals surface area contributed by atoms with E-state index in [-0.39, 0.29) is 5.69 Å². The van der Waals surface area contributed by atoms with Crippen LogP contribution in [0.5, 0.6) is 5.75 Å². The second-order valence-corrected chi connectivity index (χ2v) is 4.36. The number of nitrogen functional groups attached to an aromatic ring is 1. The molecule has 0 aliphatic heterocycles. The molecule has 0 aliphatic rings. The quantitative estimate of drug-likeness (QED) is 0.866. The molecule has 106 valence electrons. The lowest BCUT2D eigenvalue weighted by atomic mass is 9.99. The van der Waals surface area contributed by atoms with Crippen LogP contribution in [0.15, 0.2) is 42.5 Å². The minimum Gasteiger partial charge on any atom is -0.496 e. The zero-order valence-electron chi connectivity index (χ0n) is 10.9. The standard InChI is InChI=1S/C15H14F3NO/c1-20-13-8-3-2-5-10(13)9-11-6-4-7-12(14(11)19)15(16,17)18/h2-8H,9,19H2,1H3. The third kappa shape index (κ3) is 2.87. The van der Waals surface area contributed by atoms with Crippen LogP contribution in [-0.4, -0.2) is 7.11 Å². The van der Waals surface area contributed by atoms with Crippen LogP contribution in [0.1, 0.15) is 16.7 Å². The fourth-order valence-corrected chi connectivity index (χ4v) is 2.07. The van der Waals surface area contributed by atoms with Gasteiger partial charge in [0, 0.05) is 12.1 Å². The fraction of sp³-hybridized carbons (Fsp3) is 0.200. The summed E-state index contributed by atoms with van der Waals surface area (Å²) in [6, 6.07) is 11.1. The Hall–Kier alpha value is -2.17. The minimum absolute atomic E-state index is 0.231. The predicted molar refractivity (Wildman–Crippen MR) is 71.7 cm³/mol. The molecule has 0 aliphatic carbocycles. The van der Waals surface area contributed by atoms with Crippen molar-refractivity contribution >= 4 is 5.69 Å². The summed E-state index contributed by atoms with van der Waals surface area (Å²) in [5, 5.41) is 0. The van der Waals surface area contributed by atoms with Crippen molar-refractivity contribution in [2.45, 2.75) is 12.6 Å². The van der Waals surface area contributed by atoms with Crippen molar-refractivity contribution in [2.24, 2.45) is 0 Å². The smallest absolute Gasteiger partial charge is 0.418 e. The van der Waals surface area contributed by atoms with Crippen molar-refractivity contribution in [1.82, 2.24) is 0 Å². The number of hydrogen-bond acceptors (Lipinski definition) is 2. The number of hydrogen-bond donors (Lipinski definition) is 1. The number of halogens is 3. The van der Waals surface area contributed by atoms with Crippen molar-refractivity contribution < 1.29 is 17.9 Å². The van der Waals surface area contributed by atoms with E-state index in [1.807, 2.05) is 6.07 Å². The van der Waals surface area contributed by atoms with Gasteiger partial charge in [-0.15, -0.1) is 0 Å². The SMILES string of the molecule is COc1ccccc1Cc1cccc(C(F)(F)F)c1N. The van der Waals surface area contributed by atoms with Crippen molar-refractivity contribution in [3.8, 4) is 5.75 Å². The summed E-state index contributed by atoms with van der Waals surface area (Å²) in [7, 11) is 1.52. The van der Waals surface area contributed by atoms with Crippen molar-refractivity contribution in [1.29, 1.82) is 0 Å². The molecule has 2 aromatic carbocycles. The summed E-state index contributed by atoms with van der Waals surface area (Å²) in [6.45, 7) is 0. The van der Waals surface area contributed by atoms with E-state index in [0.717, 1.165) is 11.6 Å². The van der Waals surface area contributed by atoms with Crippen LogP contribution in [0, 0.1) is 0 Å². The van der Waals surface area contributed by atoms with Gasteiger partial charge < -0.3 is 10.5 Å². The first kappa shape index (κ1) is 14.2. The van der Waals surface area contributed by atoms with Gasteiger partial charge in [-0.3, -0.25) is 0 Å². The van der Waals surface area contributed by atoms with Crippen LogP contribution in [0.25, 0.3) is 0 Å². The van der Waals surface area contributed by atoms with E-state index in [2.05, 4.69) is 0 Å². The Bertz CT molecular complexity index is 608. The molecule has 2 aromatic rings. The molecule has 0 atom stereocenters. The van der Waals surface area contributed by atoms with E-state index in [4.69, 9.17) is 10.5 Å². The largest absolute Gasteiger partial charge is 0.496 e. The summed E-state index contributed by atoms with van der Waals surface area (Å²) in [6.07, 6.45) is -4.15. The van der Waals surface area contributed by atoms with Crippen molar-refractivity contribution in [3.05, 3.63) is 59.2 Å². The molecule has 20 heavy (non-hydrogen) atoms. The van der Waals surface area contributed by atoms with Gasteiger partial charge in [0.05, 0.1) is 12.7 Å². The van der Waals surface area contributed by atoms with E-state index in [1.54, 1.807) is 24.3 Å². The number of benzene rings is 2. The molecule has 2 nitrogen and oxygen atoms in total. The minimum atomic E-state index is -4.44. The Balaban J connectivity index is 2.40. The third-order valence-electron chi connectivity index (χ3n) is 3.08. The van der Waals surface area contributed by atoms with Crippen LogP contribution in [-0.2, 0) is 12.6 Å². The monoisotopic (exact) mass is 281 g/mol. The second-order valence-electron chi connectivity index (χ2n) is 4.36. The van der Waals surface area contributed by atoms with E-state index < -0.39 is 11.7 Å². The maximum Gasteiger partial charge on any atom is 0.418 e. The Kier molecular flexibility index (Phi) is 3.88. The lowest BCUT2D eigenvalue weighted by Crippen LogP contribution is -2.11. The molecule has 0 spiro atoms. The maximum absolute atomic E-state index is 12.8. The highest BCUT2D eigenvalue weighted by molar-refractivity contribution is 5.57. The first-order chi connectivity index (χ1) is 9.43. The zero-order chi connectivity index (χ0) is 14.8. The normalized spacial score (nSPS) is 11.4. The van der Waals surface area contributed by atoms with Crippen LogP contribution in [0.4, 0.5) is 18.9 Å². The van der Waals surface area contributed by atoms with Gasteiger partial charge in [0.1, 0.15) is 5.75 Å². The van der Waals surface area contributed by atoms with Gasteiger partial charge in [-0.25, -0.2) is 0 Å². The maximum atomic E-state index is 12.8. The number of para-hydroxylation sites is 2. The van der Waals surface area contributed by atoms with Gasteiger partial charge in [-0.1, -0.05) is 30.3 Å². The molecule has 0 saturated heterocycles. The second kappa shape index (κ2) is 5.45. The van der Waals surface area contributed by atoms with Gasteiger partial charge in [-0.05, 0) is 23.3 Å². The molecule has 0 bridgehead atoms. The third-order valence-corrected chi connectivity index (χ3v) is 3.08. The van der Waals surface area contributed by atoms with E-state index >= 15 is 0 Å². The summed E-state index contributed by atoms with van der Waals surface area (Å²) >= 11 is 0. The Morgan fingerprint density at radius 3 is 2.30 bits per heavy atom. The topological polar surface area (TPSA) is 35.2 Å². The predicted octanol–water partition coefficient (Wildman–Crippen LogP) is 3.89. The van der Waals surface area contributed by atoms with Gasteiger partial charge >= 0.3 is 6.18 Å². The average molecular weight is 281 g/mol. The molecule has 5 heteroatoms. The zero-order valence-corrected chi connectivity index (χ0v) is 10.9. The first-order valence-corrected chi connectivity index (χ1v) is 6.00. The first-order valence-electron chi connectivity index (χ1n) is 6.00. The Morgan fingerprint density at radius 1 is 1.00 bits per heavy atom. The highest BCUT2D eigenvalue weighted by Crippen LogP contribution is 2.36. The number of methoxy groups -OCH3 is 1. The molecular formula is C15H14F3NO. The van der Waals surface area contributed by atoms with Gasteiger partial charge in [-0.2, -0.15) is 13.2 Å². The lowest BCUT2D eigenvalue weighted by molar-refractivity contribution is -0.136. The number of anilines is 1. The number of rotatable bonds is 3. The summed E-state index contributed by atoms with van der Waals surface area (Å²) in [4.78, 5) is 0. The van der Waals surface area contributed by atoms with Gasteiger partial charge in [0.2, 0.25) is 0 Å². The van der Waals surface area contributed by atoms with Crippen LogP contribution in [0.3, 0.4) is 0 Å². The summed E-state index contributed by atoms with van der Waals surface area (Å²) < 4.78 is 43.6. The van der Waals surface area contributed by atoms with Gasteiger partial charge in [0.15, 0.2) is 0 Å². The average Bonchev–Trinajstić information content (AvgIpc) is 2.40. The molecule has 0 unspecified atom stereocenters. The highest BCUT2D eigenvalue weighted by atomic mass is 19.4. The molecule has 0 saturated carbocycles. The molecule has 2 N–H and O–H groups in total. The number of ether oxygens (including phenoxy) is 1. The lowest BCUT2D eigenvalue weighted by Gasteiger charge is -2.14. The summed E-state index contributed by atoms with van der Waals surface area (Å²) in [5.74, 6) is 0.629. The molecule has 0 radical (unpaired) electrons. The fourth-order valence-electron chi connectivity index (χ4n) is 2.07. The number of alkyl halides is 3. The molecule has 0 heterocycles. The van der Waals surface area contributed by atoms with Gasteiger partial charge in [0.25, 0.3) is 0 Å². The molecular weight excluding hydrogens is 267 g/mol.